The molecule has 0 unspecified atom stereocenters. The molecule has 1 heterocycles. The zero-order valence-corrected chi connectivity index (χ0v) is 15.1. The first-order valence-corrected chi connectivity index (χ1v) is 9.00. The Hall–Kier alpha value is -2.02. The van der Waals surface area contributed by atoms with Gasteiger partial charge in [0.05, 0.1) is 16.8 Å². The summed E-state index contributed by atoms with van der Waals surface area (Å²) >= 11 is 7.12. The van der Waals surface area contributed by atoms with E-state index in [0.29, 0.717) is 40.7 Å². The summed E-state index contributed by atoms with van der Waals surface area (Å²) in [5, 5.41) is 0.548. The van der Waals surface area contributed by atoms with Crippen LogP contribution in [0, 0.1) is 5.82 Å². The van der Waals surface area contributed by atoms with Gasteiger partial charge in [0.15, 0.2) is 4.80 Å². The highest BCUT2D eigenvalue weighted by atomic mass is 35.5. The van der Waals surface area contributed by atoms with Gasteiger partial charge < -0.3 is 9.30 Å². The Bertz CT molecular complexity index is 963. The van der Waals surface area contributed by atoms with Crippen LogP contribution < -0.4 is 4.80 Å². The van der Waals surface area contributed by atoms with Gasteiger partial charge in [-0.15, -0.1) is 0 Å². The lowest BCUT2D eigenvalue weighted by atomic mass is 10.2. The van der Waals surface area contributed by atoms with Crippen molar-refractivity contribution in [3.8, 4) is 0 Å². The smallest absolute Gasteiger partial charge is 0.279 e. The number of thiazole rings is 1. The van der Waals surface area contributed by atoms with E-state index >= 15 is 0 Å². The van der Waals surface area contributed by atoms with E-state index in [1.165, 1.54) is 17.4 Å². The predicted octanol–water partition coefficient (Wildman–Crippen LogP) is 4.27. The molecule has 0 atom stereocenters. The number of nitrogens with zero attached hydrogens (tertiary/aromatic N) is 2. The van der Waals surface area contributed by atoms with E-state index in [1.807, 2.05) is 13.0 Å². The molecule has 130 valence electrons. The number of para-hydroxylation sites is 1. The topological polar surface area (TPSA) is 43.6 Å². The van der Waals surface area contributed by atoms with Crippen LogP contribution in [-0.4, -0.2) is 23.7 Å². The zero-order valence-electron chi connectivity index (χ0n) is 13.5. The lowest BCUT2D eigenvalue weighted by molar-refractivity contribution is 0.0996. The minimum atomic E-state index is -0.395. The number of halogens is 2. The van der Waals surface area contributed by atoms with Crippen molar-refractivity contribution in [2.75, 3.05) is 13.2 Å². The van der Waals surface area contributed by atoms with Gasteiger partial charge in [0.2, 0.25) is 0 Å². The Morgan fingerprint density at radius 1 is 1.28 bits per heavy atom. The van der Waals surface area contributed by atoms with Crippen LogP contribution in [0.4, 0.5) is 4.39 Å². The highest BCUT2D eigenvalue weighted by molar-refractivity contribution is 7.16. The number of fused-ring (bicyclic) bond motifs is 1. The van der Waals surface area contributed by atoms with Crippen LogP contribution in [0.5, 0.6) is 0 Å². The second kappa shape index (κ2) is 7.91. The maximum Gasteiger partial charge on any atom is 0.279 e. The van der Waals surface area contributed by atoms with E-state index in [1.54, 1.807) is 34.9 Å². The number of amides is 1. The quantitative estimate of drug-likeness (QED) is 0.622. The first-order chi connectivity index (χ1) is 12.1. The minimum Gasteiger partial charge on any atom is -0.380 e. The van der Waals surface area contributed by atoms with Crippen molar-refractivity contribution in [1.82, 2.24) is 4.57 Å². The molecule has 1 amide bonds. The number of carbonyl (C=O) groups excluding carboxylic acids is 1. The summed E-state index contributed by atoms with van der Waals surface area (Å²) in [7, 11) is 0. The summed E-state index contributed by atoms with van der Waals surface area (Å²) in [4.78, 5) is 17.1. The molecule has 25 heavy (non-hydrogen) atoms. The van der Waals surface area contributed by atoms with Crippen molar-refractivity contribution in [3.63, 3.8) is 0 Å². The van der Waals surface area contributed by atoms with Crippen molar-refractivity contribution < 1.29 is 13.9 Å². The summed E-state index contributed by atoms with van der Waals surface area (Å²) in [6.07, 6.45) is 0. The van der Waals surface area contributed by atoms with Gasteiger partial charge in [0.25, 0.3) is 5.91 Å². The average Bonchev–Trinajstić information content (AvgIpc) is 2.94. The Morgan fingerprint density at radius 3 is 2.76 bits per heavy atom. The van der Waals surface area contributed by atoms with Gasteiger partial charge in [0.1, 0.15) is 5.82 Å². The molecule has 2 aromatic carbocycles. The molecule has 0 aliphatic rings. The fraction of sp³-hybridized carbons (Fsp3) is 0.222. The molecule has 0 saturated heterocycles. The van der Waals surface area contributed by atoms with E-state index in [0.717, 1.165) is 4.70 Å². The van der Waals surface area contributed by atoms with E-state index in [9.17, 15) is 9.18 Å². The number of ether oxygens (including phenoxy) is 1. The Labute approximate surface area is 153 Å². The van der Waals surface area contributed by atoms with Gasteiger partial charge in [-0.2, -0.15) is 4.99 Å². The van der Waals surface area contributed by atoms with Gasteiger partial charge in [0, 0.05) is 23.7 Å². The number of carbonyl (C=O) groups is 1. The molecule has 0 bridgehead atoms. The summed E-state index contributed by atoms with van der Waals surface area (Å²) in [6, 6.07) is 11.4. The van der Waals surface area contributed by atoms with Crippen LogP contribution >= 0.6 is 22.9 Å². The van der Waals surface area contributed by atoms with Crippen molar-refractivity contribution in [3.05, 3.63) is 63.7 Å². The second-order valence-corrected chi connectivity index (χ2v) is 6.69. The van der Waals surface area contributed by atoms with Crippen molar-refractivity contribution in [1.29, 1.82) is 0 Å². The van der Waals surface area contributed by atoms with E-state index in [-0.39, 0.29) is 5.82 Å². The van der Waals surface area contributed by atoms with Crippen LogP contribution in [0.15, 0.2) is 47.5 Å². The number of hydrogen-bond acceptors (Lipinski definition) is 3. The first kappa shape index (κ1) is 17.8. The molecule has 0 saturated carbocycles. The normalized spacial score (nSPS) is 12.0. The number of rotatable bonds is 5. The fourth-order valence-electron chi connectivity index (χ4n) is 2.42. The van der Waals surface area contributed by atoms with E-state index in [4.69, 9.17) is 16.3 Å². The lowest BCUT2D eigenvalue weighted by Crippen LogP contribution is -2.20. The molecule has 7 heteroatoms. The maximum absolute atomic E-state index is 14.3. The van der Waals surface area contributed by atoms with Gasteiger partial charge in [-0.05, 0) is 43.3 Å². The highest BCUT2D eigenvalue weighted by Gasteiger charge is 2.12. The fourth-order valence-corrected chi connectivity index (χ4v) is 3.62. The molecule has 0 spiro atoms. The monoisotopic (exact) mass is 378 g/mol. The van der Waals surface area contributed by atoms with Crippen LogP contribution in [0.2, 0.25) is 5.02 Å². The van der Waals surface area contributed by atoms with Crippen molar-refractivity contribution in [2.45, 2.75) is 13.5 Å². The molecule has 3 aromatic rings. The Balaban J connectivity index is 2.07. The lowest BCUT2D eigenvalue weighted by Gasteiger charge is -2.06. The Morgan fingerprint density at radius 2 is 2.04 bits per heavy atom. The van der Waals surface area contributed by atoms with E-state index < -0.39 is 5.91 Å². The third kappa shape index (κ3) is 3.98. The van der Waals surface area contributed by atoms with Crippen LogP contribution in [0.1, 0.15) is 17.3 Å². The second-order valence-electron chi connectivity index (χ2n) is 5.24. The summed E-state index contributed by atoms with van der Waals surface area (Å²) < 4.78 is 22.1. The molecular formula is C18H16ClFN2O2S. The molecule has 4 nitrogen and oxygen atoms in total. The highest BCUT2D eigenvalue weighted by Crippen LogP contribution is 2.20. The zero-order chi connectivity index (χ0) is 17.8. The minimum absolute atomic E-state index is 0.342. The van der Waals surface area contributed by atoms with Gasteiger partial charge >= 0.3 is 0 Å². The number of benzene rings is 2. The molecule has 0 aliphatic carbocycles. The van der Waals surface area contributed by atoms with Crippen LogP contribution in [0.3, 0.4) is 0 Å². The third-order valence-corrected chi connectivity index (χ3v) is 4.90. The van der Waals surface area contributed by atoms with Crippen LogP contribution in [-0.2, 0) is 11.3 Å². The summed E-state index contributed by atoms with van der Waals surface area (Å²) in [5.74, 6) is -0.737. The van der Waals surface area contributed by atoms with E-state index in [2.05, 4.69) is 4.99 Å². The molecule has 0 N–H and O–H groups in total. The number of hydrogen-bond donors (Lipinski definition) is 0. The molecule has 0 fully saturated rings. The van der Waals surface area contributed by atoms with Crippen molar-refractivity contribution >= 4 is 39.1 Å². The van der Waals surface area contributed by atoms with Crippen LogP contribution in [0.25, 0.3) is 10.2 Å². The van der Waals surface area contributed by atoms with Gasteiger partial charge in [-0.3, -0.25) is 4.79 Å². The number of aromatic nitrogens is 1. The standard InChI is InChI=1S/C18H16ClFN2O2S/c1-2-24-11-10-22-16-14(20)4-3-5-15(16)25-18(22)21-17(23)12-6-8-13(19)9-7-12/h3-9H,2,10-11H2,1H3. The third-order valence-electron chi connectivity index (χ3n) is 3.60. The molecule has 0 radical (unpaired) electrons. The molecular weight excluding hydrogens is 363 g/mol. The first-order valence-electron chi connectivity index (χ1n) is 7.80. The molecule has 0 aliphatic heterocycles. The average molecular weight is 379 g/mol. The maximum atomic E-state index is 14.3. The molecule has 1 aromatic heterocycles. The van der Waals surface area contributed by atoms with Gasteiger partial charge in [-0.1, -0.05) is 29.0 Å². The predicted molar refractivity (Wildman–Crippen MR) is 97.6 cm³/mol. The summed E-state index contributed by atoms with van der Waals surface area (Å²) in [6.45, 7) is 3.30. The molecule has 3 rings (SSSR count). The largest absolute Gasteiger partial charge is 0.380 e. The Kier molecular flexibility index (Phi) is 5.63. The van der Waals surface area contributed by atoms with Gasteiger partial charge in [-0.25, -0.2) is 4.39 Å². The SMILES string of the molecule is CCOCCn1c(=NC(=O)c2ccc(Cl)cc2)sc2cccc(F)c21. The summed E-state index contributed by atoms with van der Waals surface area (Å²) in [5.41, 5.74) is 0.869. The van der Waals surface area contributed by atoms with Crippen molar-refractivity contribution in [2.24, 2.45) is 4.99 Å².